The zero-order chi connectivity index (χ0) is 19.5. The highest BCUT2D eigenvalue weighted by molar-refractivity contribution is 5.63. The second-order valence-corrected chi connectivity index (χ2v) is 7.08. The van der Waals surface area contributed by atoms with Gasteiger partial charge in [0.05, 0.1) is 6.20 Å². The summed E-state index contributed by atoms with van der Waals surface area (Å²) in [6, 6.07) is 14.0. The quantitative estimate of drug-likeness (QED) is 0.674. The van der Waals surface area contributed by atoms with Gasteiger partial charge in [-0.2, -0.15) is 10.1 Å². The van der Waals surface area contributed by atoms with Crippen LogP contribution >= 0.6 is 0 Å². The third-order valence-corrected chi connectivity index (χ3v) is 5.05. The number of piperidine rings is 1. The number of benzene rings is 2. The van der Waals surface area contributed by atoms with Crippen LogP contribution in [0.25, 0.3) is 0 Å². The normalized spacial score (nSPS) is 15.2. The monoisotopic (exact) mass is 390 g/mol. The summed E-state index contributed by atoms with van der Waals surface area (Å²) in [5.74, 6) is 2.46. The lowest BCUT2D eigenvalue weighted by molar-refractivity contribution is 0.174. The van der Waals surface area contributed by atoms with E-state index in [2.05, 4.69) is 55.0 Å². The van der Waals surface area contributed by atoms with E-state index in [1.165, 1.54) is 24.9 Å². The van der Waals surface area contributed by atoms with Crippen LogP contribution in [0.15, 0.2) is 48.7 Å². The van der Waals surface area contributed by atoms with Crippen LogP contribution in [-0.2, 0) is 0 Å². The number of aromatic nitrogens is 3. The number of hydrogen-bond donors (Lipinski definition) is 2. The van der Waals surface area contributed by atoms with E-state index in [4.69, 9.17) is 9.47 Å². The number of ether oxygens (including phenoxy) is 2. The maximum absolute atomic E-state index is 5.40. The molecule has 3 heterocycles. The highest BCUT2D eigenvalue weighted by Gasteiger charge is 2.14. The minimum absolute atomic E-state index is 0.243. The Balaban J connectivity index is 1.26. The van der Waals surface area contributed by atoms with Crippen molar-refractivity contribution in [3.63, 3.8) is 0 Å². The highest BCUT2D eigenvalue weighted by Crippen LogP contribution is 2.34. The van der Waals surface area contributed by atoms with Gasteiger partial charge in [-0.1, -0.05) is 0 Å². The Morgan fingerprint density at radius 2 is 1.62 bits per heavy atom. The van der Waals surface area contributed by atoms with Crippen LogP contribution in [0.5, 0.6) is 11.5 Å². The van der Waals surface area contributed by atoms with E-state index >= 15 is 0 Å². The second kappa shape index (κ2) is 7.83. The Bertz CT molecular complexity index is 989. The van der Waals surface area contributed by atoms with Gasteiger partial charge in [-0.3, -0.25) is 0 Å². The average Bonchev–Trinajstić information content (AvgIpc) is 3.23. The number of hydrogen-bond acceptors (Lipinski definition) is 8. The van der Waals surface area contributed by atoms with E-state index in [-0.39, 0.29) is 6.79 Å². The molecule has 1 fully saturated rings. The van der Waals surface area contributed by atoms with Crippen LogP contribution in [0.3, 0.4) is 0 Å². The topological polar surface area (TPSA) is 84.4 Å². The molecule has 8 heteroatoms. The Morgan fingerprint density at radius 1 is 0.828 bits per heavy atom. The molecule has 148 valence electrons. The second-order valence-electron chi connectivity index (χ2n) is 7.08. The van der Waals surface area contributed by atoms with Crippen LogP contribution in [0.4, 0.5) is 28.8 Å². The van der Waals surface area contributed by atoms with Crippen LogP contribution in [-0.4, -0.2) is 35.1 Å². The van der Waals surface area contributed by atoms with Crippen LogP contribution in [0, 0.1) is 0 Å². The summed E-state index contributed by atoms with van der Waals surface area (Å²) in [6.07, 6.45) is 5.47. The largest absolute Gasteiger partial charge is 0.454 e. The van der Waals surface area contributed by atoms with Crippen LogP contribution in [0.2, 0.25) is 0 Å². The first-order chi connectivity index (χ1) is 14.3. The molecule has 2 aromatic carbocycles. The average molecular weight is 390 g/mol. The zero-order valence-corrected chi connectivity index (χ0v) is 16.0. The summed E-state index contributed by atoms with van der Waals surface area (Å²) < 4.78 is 10.7. The summed E-state index contributed by atoms with van der Waals surface area (Å²) in [5, 5.41) is 14.5. The molecule has 0 unspecified atom stereocenters. The van der Waals surface area contributed by atoms with Gasteiger partial charge in [-0.15, -0.1) is 5.10 Å². The van der Waals surface area contributed by atoms with E-state index in [1.54, 1.807) is 6.20 Å². The molecular weight excluding hydrogens is 368 g/mol. The Labute approximate surface area is 168 Å². The fraction of sp³-hybridized carbons (Fsp3) is 0.286. The van der Waals surface area contributed by atoms with Crippen LogP contribution < -0.4 is 25.0 Å². The zero-order valence-electron chi connectivity index (χ0n) is 16.0. The van der Waals surface area contributed by atoms with Gasteiger partial charge >= 0.3 is 0 Å². The minimum Gasteiger partial charge on any atom is -0.454 e. The molecule has 1 saturated heterocycles. The van der Waals surface area contributed by atoms with Crippen molar-refractivity contribution in [2.45, 2.75) is 19.3 Å². The van der Waals surface area contributed by atoms with Gasteiger partial charge in [0, 0.05) is 36.2 Å². The summed E-state index contributed by atoms with van der Waals surface area (Å²) in [6.45, 7) is 2.52. The van der Waals surface area contributed by atoms with E-state index in [0.717, 1.165) is 30.2 Å². The van der Waals surface area contributed by atoms with Gasteiger partial charge in [0.1, 0.15) is 0 Å². The SMILES string of the molecule is c1cc(N2CCCCC2)ccc1Nc1cnnc(Nc2ccc3c(c2)OCO3)n1. The number of nitrogens with zero attached hydrogens (tertiary/aromatic N) is 4. The lowest BCUT2D eigenvalue weighted by atomic mass is 10.1. The molecule has 2 aliphatic heterocycles. The number of fused-ring (bicyclic) bond motifs is 1. The molecule has 0 amide bonds. The van der Waals surface area contributed by atoms with E-state index in [0.29, 0.717) is 17.5 Å². The van der Waals surface area contributed by atoms with Crippen LogP contribution in [0.1, 0.15) is 19.3 Å². The van der Waals surface area contributed by atoms with Gasteiger partial charge in [-0.05, 0) is 55.7 Å². The molecule has 0 saturated carbocycles. The minimum atomic E-state index is 0.243. The molecule has 2 N–H and O–H groups in total. The molecule has 0 spiro atoms. The van der Waals surface area contributed by atoms with Crippen molar-refractivity contribution in [3.8, 4) is 11.5 Å². The van der Waals surface area contributed by atoms with E-state index < -0.39 is 0 Å². The summed E-state index contributed by atoms with van der Waals surface area (Å²) in [7, 11) is 0. The molecule has 0 radical (unpaired) electrons. The van der Waals surface area contributed by atoms with E-state index in [1.807, 2.05) is 18.2 Å². The first kappa shape index (κ1) is 17.5. The van der Waals surface area contributed by atoms with Crippen molar-refractivity contribution < 1.29 is 9.47 Å². The third kappa shape index (κ3) is 4.01. The predicted molar refractivity (Wildman–Crippen MR) is 111 cm³/mol. The van der Waals surface area contributed by atoms with Crippen molar-refractivity contribution in [1.29, 1.82) is 0 Å². The van der Waals surface area contributed by atoms with Gasteiger partial charge in [0.25, 0.3) is 0 Å². The Hall–Kier alpha value is -3.55. The number of anilines is 5. The molecule has 0 bridgehead atoms. The smallest absolute Gasteiger partial charge is 0.249 e. The van der Waals surface area contributed by atoms with Crippen molar-refractivity contribution in [2.24, 2.45) is 0 Å². The molecular formula is C21H22N6O2. The van der Waals surface area contributed by atoms with Crippen molar-refractivity contribution >= 4 is 28.8 Å². The van der Waals surface area contributed by atoms with E-state index in [9.17, 15) is 0 Å². The lowest BCUT2D eigenvalue weighted by Gasteiger charge is -2.28. The molecule has 29 heavy (non-hydrogen) atoms. The molecule has 1 aromatic heterocycles. The Kier molecular flexibility index (Phi) is 4.73. The first-order valence-corrected chi connectivity index (χ1v) is 9.82. The maximum Gasteiger partial charge on any atom is 0.249 e. The van der Waals surface area contributed by atoms with Gasteiger partial charge in [0.15, 0.2) is 17.3 Å². The molecule has 3 aromatic rings. The molecule has 8 nitrogen and oxygen atoms in total. The summed E-state index contributed by atoms with van der Waals surface area (Å²) >= 11 is 0. The van der Waals surface area contributed by atoms with Crippen molar-refractivity contribution in [3.05, 3.63) is 48.7 Å². The van der Waals surface area contributed by atoms with Gasteiger partial charge < -0.3 is 25.0 Å². The van der Waals surface area contributed by atoms with Gasteiger partial charge in [0.2, 0.25) is 12.7 Å². The molecule has 0 atom stereocenters. The molecule has 2 aliphatic rings. The fourth-order valence-electron chi connectivity index (χ4n) is 3.58. The summed E-state index contributed by atoms with van der Waals surface area (Å²) in [5.41, 5.74) is 3.03. The molecule has 5 rings (SSSR count). The fourth-order valence-corrected chi connectivity index (χ4v) is 3.58. The number of nitrogens with one attached hydrogen (secondary N) is 2. The van der Waals surface area contributed by atoms with Crippen molar-refractivity contribution in [1.82, 2.24) is 15.2 Å². The first-order valence-electron chi connectivity index (χ1n) is 9.82. The molecule has 0 aliphatic carbocycles. The third-order valence-electron chi connectivity index (χ3n) is 5.05. The maximum atomic E-state index is 5.40. The van der Waals surface area contributed by atoms with Gasteiger partial charge in [-0.25, -0.2) is 0 Å². The standard InChI is InChI=1S/C21H22N6O2/c1-2-10-27(11-3-1)17-7-4-15(5-8-17)23-20-13-22-26-21(25-20)24-16-6-9-18-19(12-16)29-14-28-18/h4-9,12-13H,1-3,10-11,14H2,(H2,23,24,25,26). The summed E-state index contributed by atoms with van der Waals surface area (Å²) in [4.78, 5) is 6.93. The lowest BCUT2D eigenvalue weighted by Crippen LogP contribution is -2.29. The highest BCUT2D eigenvalue weighted by atomic mass is 16.7. The van der Waals surface area contributed by atoms with Crippen molar-refractivity contribution in [2.75, 3.05) is 35.4 Å². The number of rotatable bonds is 5. The predicted octanol–water partition coefficient (Wildman–Crippen LogP) is 4.08. The Morgan fingerprint density at radius 3 is 2.48 bits per heavy atom.